The average Bonchev–Trinajstić information content (AvgIpc) is 2.89. The minimum atomic E-state index is -1.12. The molecule has 8 heteroatoms. The topological polar surface area (TPSA) is 110 Å². The number of aromatic nitrogens is 2. The Labute approximate surface area is 128 Å². The van der Waals surface area contributed by atoms with Crippen LogP contribution in [-0.4, -0.2) is 33.1 Å². The van der Waals surface area contributed by atoms with Crippen molar-refractivity contribution < 1.29 is 14.7 Å². The molecule has 0 aliphatic carbocycles. The second-order valence-electron chi connectivity index (χ2n) is 4.23. The Morgan fingerprint density at radius 2 is 2.19 bits per heavy atom. The summed E-state index contributed by atoms with van der Waals surface area (Å²) in [7, 11) is 0. The van der Waals surface area contributed by atoms with Gasteiger partial charge in [0.2, 0.25) is 0 Å². The van der Waals surface area contributed by atoms with Crippen LogP contribution in [0.4, 0.5) is 5.69 Å². The van der Waals surface area contributed by atoms with E-state index in [1.807, 2.05) is 0 Å². The van der Waals surface area contributed by atoms with Gasteiger partial charge in [-0.2, -0.15) is 0 Å². The van der Waals surface area contributed by atoms with E-state index in [1.54, 1.807) is 16.8 Å². The molecule has 0 spiro atoms. The minimum Gasteiger partial charge on any atom is -0.478 e. The van der Waals surface area contributed by atoms with Crippen LogP contribution < -0.4 is 11.1 Å². The largest absolute Gasteiger partial charge is 0.478 e. The summed E-state index contributed by atoms with van der Waals surface area (Å²) in [5.74, 6) is -1.60. The molecule has 1 heterocycles. The van der Waals surface area contributed by atoms with Gasteiger partial charge in [-0.25, -0.2) is 9.78 Å². The Kier molecular flexibility index (Phi) is 4.71. The molecule has 0 saturated carbocycles. The van der Waals surface area contributed by atoms with Crippen LogP contribution in [0.2, 0.25) is 0 Å². The lowest BCUT2D eigenvalue weighted by molar-refractivity contribution is 0.0698. The Morgan fingerprint density at radius 1 is 1.43 bits per heavy atom. The van der Waals surface area contributed by atoms with E-state index in [2.05, 4.69) is 26.2 Å². The highest BCUT2D eigenvalue weighted by Gasteiger charge is 2.15. The summed E-state index contributed by atoms with van der Waals surface area (Å²) < 4.78 is 2.30. The molecule has 1 amide bonds. The maximum Gasteiger partial charge on any atom is 0.337 e. The first-order valence-corrected chi connectivity index (χ1v) is 6.86. The molecule has 1 aromatic heterocycles. The number of nitrogens with two attached hydrogens (primary N) is 1. The van der Waals surface area contributed by atoms with E-state index in [-0.39, 0.29) is 16.9 Å². The number of carboxylic acids is 1. The van der Waals surface area contributed by atoms with Crippen LogP contribution in [0.25, 0.3) is 0 Å². The molecule has 0 fully saturated rings. The number of imidazole rings is 1. The van der Waals surface area contributed by atoms with E-state index >= 15 is 0 Å². The second kappa shape index (κ2) is 6.51. The lowest BCUT2D eigenvalue weighted by Gasteiger charge is -2.07. The number of carboxylic acid groups (broad SMARTS) is 1. The van der Waals surface area contributed by atoms with Crippen LogP contribution in [0.3, 0.4) is 0 Å². The van der Waals surface area contributed by atoms with E-state index < -0.39 is 11.9 Å². The molecule has 0 radical (unpaired) electrons. The Bertz CT molecular complexity index is 684. The van der Waals surface area contributed by atoms with Gasteiger partial charge in [0.1, 0.15) is 5.69 Å². The van der Waals surface area contributed by atoms with Gasteiger partial charge >= 0.3 is 5.97 Å². The number of benzene rings is 1. The van der Waals surface area contributed by atoms with Crippen molar-refractivity contribution in [2.45, 2.75) is 6.54 Å². The number of nitrogens with zero attached hydrogens (tertiary/aromatic N) is 2. The van der Waals surface area contributed by atoms with Gasteiger partial charge in [0.05, 0.1) is 17.6 Å². The molecule has 0 aliphatic heterocycles. The van der Waals surface area contributed by atoms with Crippen molar-refractivity contribution in [3.8, 4) is 0 Å². The first kappa shape index (κ1) is 15.2. The van der Waals surface area contributed by atoms with E-state index in [4.69, 9.17) is 10.8 Å². The van der Waals surface area contributed by atoms with Gasteiger partial charge < -0.3 is 20.7 Å². The summed E-state index contributed by atoms with van der Waals surface area (Å²) in [6.45, 7) is 0.992. The molecule has 110 valence electrons. The SMILES string of the molecule is NCCn1cnc(C(=O)Nc2ccc(Br)cc2C(=O)O)c1. The predicted molar refractivity (Wildman–Crippen MR) is 80.3 cm³/mol. The fourth-order valence-electron chi connectivity index (χ4n) is 1.74. The maximum atomic E-state index is 12.1. The zero-order chi connectivity index (χ0) is 15.4. The van der Waals surface area contributed by atoms with Gasteiger partial charge in [0.25, 0.3) is 5.91 Å². The smallest absolute Gasteiger partial charge is 0.337 e. The molecular weight excluding hydrogens is 340 g/mol. The fourth-order valence-corrected chi connectivity index (χ4v) is 2.10. The predicted octanol–water partition coefficient (Wildman–Crippen LogP) is 1.55. The lowest BCUT2D eigenvalue weighted by atomic mass is 10.2. The van der Waals surface area contributed by atoms with Crippen molar-refractivity contribution in [1.82, 2.24) is 9.55 Å². The number of amides is 1. The molecule has 2 aromatic rings. The number of nitrogens with one attached hydrogen (secondary N) is 1. The zero-order valence-corrected chi connectivity index (χ0v) is 12.5. The second-order valence-corrected chi connectivity index (χ2v) is 5.15. The molecule has 0 unspecified atom stereocenters. The van der Waals surface area contributed by atoms with E-state index in [0.717, 1.165) is 0 Å². The Balaban J connectivity index is 2.20. The van der Waals surface area contributed by atoms with Crippen molar-refractivity contribution in [2.75, 3.05) is 11.9 Å². The zero-order valence-electron chi connectivity index (χ0n) is 10.9. The Hall–Kier alpha value is -2.19. The molecule has 0 bridgehead atoms. The van der Waals surface area contributed by atoms with Gasteiger partial charge in [0.15, 0.2) is 0 Å². The number of aromatic carboxylic acids is 1. The number of carbonyl (C=O) groups excluding carboxylic acids is 1. The molecular formula is C13H13BrN4O3. The quantitative estimate of drug-likeness (QED) is 0.756. The van der Waals surface area contributed by atoms with Crippen LogP contribution in [0, 0.1) is 0 Å². The van der Waals surface area contributed by atoms with Gasteiger partial charge in [-0.05, 0) is 18.2 Å². The van der Waals surface area contributed by atoms with Crippen LogP contribution in [0.15, 0.2) is 35.2 Å². The number of hydrogen-bond donors (Lipinski definition) is 3. The molecule has 1 aromatic carbocycles. The van der Waals surface area contributed by atoms with Gasteiger partial charge in [-0.15, -0.1) is 0 Å². The van der Waals surface area contributed by atoms with Crippen LogP contribution in [0.5, 0.6) is 0 Å². The highest BCUT2D eigenvalue weighted by atomic mass is 79.9. The number of rotatable bonds is 5. The van der Waals surface area contributed by atoms with Crippen molar-refractivity contribution in [3.05, 3.63) is 46.5 Å². The summed E-state index contributed by atoms with van der Waals surface area (Å²) in [5, 5.41) is 11.7. The van der Waals surface area contributed by atoms with E-state index in [1.165, 1.54) is 18.5 Å². The molecule has 0 saturated heterocycles. The summed E-state index contributed by atoms with van der Waals surface area (Å²) in [5.41, 5.74) is 5.83. The van der Waals surface area contributed by atoms with E-state index in [0.29, 0.717) is 17.6 Å². The van der Waals surface area contributed by atoms with Crippen LogP contribution in [-0.2, 0) is 6.54 Å². The minimum absolute atomic E-state index is 0.000819. The summed E-state index contributed by atoms with van der Waals surface area (Å²) in [6, 6.07) is 4.59. The number of hydrogen-bond acceptors (Lipinski definition) is 4. The number of anilines is 1. The van der Waals surface area contributed by atoms with Gasteiger partial charge in [-0.1, -0.05) is 15.9 Å². The Morgan fingerprint density at radius 3 is 2.86 bits per heavy atom. The molecule has 7 nitrogen and oxygen atoms in total. The van der Waals surface area contributed by atoms with Crippen molar-refractivity contribution in [2.24, 2.45) is 5.73 Å². The normalized spacial score (nSPS) is 10.4. The van der Waals surface area contributed by atoms with Crippen LogP contribution in [0.1, 0.15) is 20.8 Å². The third-order valence-corrected chi connectivity index (χ3v) is 3.21. The number of halogens is 1. The first-order chi connectivity index (χ1) is 10.0. The maximum absolute atomic E-state index is 12.1. The average molecular weight is 353 g/mol. The van der Waals surface area contributed by atoms with Crippen molar-refractivity contribution in [3.63, 3.8) is 0 Å². The third kappa shape index (κ3) is 3.67. The fraction of sp³-hybridized carbons (Fsp3) is 0.154. The molecule has 4 N–H and O–H groups in total. The van der Waals surface area contributed by atoms with Crippen molar-refractivity contribution >= 4 is 33.5 Å². The molecule has 0 aliphatic rings. The summed E-state index contributed by atoms with van der Waals surface area (Å²) in [6.07, 6.45) is 3.06. The monoisotopic (exact) mass is 352 g/mol. The van der Waals surface area contributed by atoms with E-state index in [9.17, 15) is 9.59 Å². The van der Waals surface area contributed by atoms with Gasteiger partial charge in [-0.3, -0.25) is 4.79 Å². The van der Waals surface area contributed by atoms with Crippen LogP contribution >= 0.6 is 15.9 Å². The summed E-state index contributed by atoms with van der Waals surface area (Å²) in [4.78, 5) is 27.2. The standard InChI is InChI=1S/C13H13BrN4O3/c14-8-1-2-10(9(5-8)13(20)21)17-12(19)11-6-18(4-3-15)7-16-11/h1-2,5-7H,3-4,15H2,(H,17,19)(H,20,21). The molecule has 0 atom stereocenters. The van der Waals surface area contributed by atoms with Gasteiger partial charge in [0, 0.05) is 23.8 Å². The highest BCUT2D eigenvalue weighted by Crippen LogP contribution is 2.21. The molecule has 21 heavy (non-hydrogen) atoms. The summed E-state index contributed by atoms with van der Waals surface area (Å²) >= 11 is 3.19. The van der Waals surface area contributed by atoms with Crippen molar-refractivity contribution in [1.29, 1.82) is 0 Å². The third-order valence-electron chi connectivity index (χ3n) is 2.71. The highest BCUT2D eigenvalue weighted by molar-refractivity contribution is 9.10. The first-order valence-electron chi connectivity index (χ1n) is 6.07. The molecule has 2 rings (SSSR count). The lowest BCUT2D eigenvalue weighted by Crippen LogP contribution is -2.15. The number of carbonyl (C=O) groups is 2.